The van der Waals surface area contributed by atoms with Gasteiger partial charge in [-0.25, -0.2) is 8.42 Å². The van der Waals surface area contributed by atoms with Crippen LogP contribution in [0.15, 0.2) is 29.2 Å². The zero-order chi connectivity index (χ0) is 15.4. The molecule has 4 nitrogen and oxygen atoms in total. The second-order valence-electron chi connectivity index (χ2n) is 3.33. The summed E-state index contributed by atoms with van der Waals surface area (Å²) in [6.07, 6.45) is 4.91. The summed E-state index contributed by atoms with van der Waals surface area (Å²) in [5.74, 6) is 3.72. The largest absolute Gasteiger partial charge is 0.280 e. The Hall–Kier alpha value is -0.800. The summed E-state index contributed by atoms with van der Waals surface area (Å²) >= 11 is 8.85. The number of nitrogens with one attached hydrogen (secondary N) is 1. The second kappa shape index (κ2) is 6.77. The molecule has 104 valence electrons. The molecule has 0 aromatic heterocycles. The average molecular weight is 484 g/mol. The van der Waals surface area contributed by atoms with Gasteiger partial charge in [-0.1, -0.05) is 6.07 Å². The number of terminal acetylenes is 1. The smallest absolute Gasteiger partial charge is 0.262 e. The van der Waals surface area contributed by atoms with Crippen molar-refractivity contribution in [2.75, 3.05) is 0 Å². The van der Waals surface area contributed by atoms with Crippen LogP contribution in [0.25, 0.3) is 0 Å². The first-order chi connectivity index (χ1) is 9.20. The molecule has 0 atom stereocenters. The van der Waals surface area contributed by atoms with Gasteiger partial charge in [0.2, 0.25) is 11.3 Å². The van der Waals surface area contributed by atoms with Crippen LogP contribution in [-0.4, -0.2) is 15.8 Å². The lowest BCUT2D eigenvalue weighted by atomic mass is 10.2. The van der Waals surface area contributed by atoms with Crippen LogP contribution in [0.2, 0.25) is 0 Å². The van der Waals surface area contributed by atoms with Crippen LogP contribution < -0.4 is 5.32 Å². The van der Waals surface area contributed by atoms with Gasteiger partial charge in [-0.05, 0) is 71.9 Å². The summed E-state index contributed by atoms with van der Waals surface area (Å²) in [4.78, 5) is 11.7. The summed E-state index contributed by atoms with van der Waals surface area (Å²) in [5.41, 5.74) is 0.147. The number of rotatable bonds is 2. The standard InChI is InChI=1S/C12H6Br3NO3S/c1-2-3-7-16-11(17)9-5-4-6-10(8-9)20(18,19)12(13,14)15/h1,4-6,8H,(H,16,17). The van der Waals surface area contributed by atoms with Crippen molar-refractivity contribution in [3.05, 3.63) is 29.8 Å². The zero-order valence-corrected chi connectivity index (χ0v) is 15.2. The Morgan fingerprint density at radius 2 is 1.95 bits per heavy atom. The van der Waals surface area contributed by atoms with Gasteiger partial charge in [0, 0.05) is 17.5 Å². The van der Waals surface area contributed by atoms with E-state index in [0.29, 0.717) is 0 Å². The van der Waals surface area contributed by atoms with E-state index in [1.165, 1.54) is 24.3 Å². The number of carbonyl (C=O) groups is 1. The van der Waals surface area contributed by atoms with Crippen LogP contribution in [0.5, 0.6) is 0 Å². The minimum Gasteiger partial charge on any atom is -0.280 e. The molecule has 0 bridgehead atoms. The molecule has 0 saturated carbocycles. The molecule has 0 fully saturated rings. The SMILES string of the molecule is C#CC#CNC(=O)c1cccc(S(=O)(=O)C(Br)(Br)Br)c1. The van der Waals surface area contributed by atoms with Crippen LogP contribution in [0, 0.1) is 24.3 Å². The zero-order valence-electron chi connectivity index (χ0n) is 9.65. The van der Waals surface area contributed by atoms with Gasteiger partial charge < -0.3 is 0 Å². The topological polar surface area (TPSA) is 63.2 Å². The predicted molar refractivity (Wildman–Crippen MR) is 87.2 cm³/mol. The van der Waals surface area contributed by atoms with E-state index >= 15 is 0 Å². The van der Waals surface area contributed by atoms with Crippen molar-refractivity contribution in [3.8, 4) is 24.3 Å². The number of halogens is 3. The number of carbonyl (C=O) groups excluding carboxylic acids is 1. The Morgan fingerprint density at radius 1 is 1.30 bits per heavy atom. The number of benzene rings is 1. The number of hydrogen-bond donors (Lipinski definition) is 1. The lowest BCUT2D eigenvalue weighted by Gasteiger charge is -2.13. The van der Waals surface area contributed by atoms with Gasteiger partial charge in [0.25, 0.3) is 5.91 Å². The molecule has 0 heterocycles. The summed E-state index contributed by atoms with van der Waals surface area (Å²) in [5, 5.41) is 2.24. The Kier molecular flexibility index (Phi) is 5.84. The number of hydrogen-bond acceptors (Lipinski definition) is 3. The fourth-order valence-electron chi connectivity index (χ4n) is 1.13. The molecule has 0 aliphatic heterocycles. The van der Waals surface area contributed by atoms with E-state index in [9.17, 15) is 13.2 Å². The van der Waals surface area contributed by atoms with Crippen LogP contribution in [-0.2, 0) is 9.84 Å². The van der Waals surface area contributed by atoms with Gasteiger partial charge in [0.15, 0.2) is 0 Å². The molecule has 1 amide bonds. The van der Waals surface area contributed by atoms with Crippen LogP contribution in [0.1, 0.15) is 10.4 Å². The van der Waals surface area contributed by atoms with Gasteiger partial charge in [-0.3, -0.25) is 10.1 Å². The van der Waals surface area contributed by atoms with Crippen LogP contribution in [0.3, 0.4) is 0 Å². The molecule has 0 saturated heterocycles. The van der Waals surface area contributed by atoms with Gasteiger partial charge >= 0.3 is 0 Å². The molecule has 20 heavy (non-hydrogen) atoms. The first-order valence-corrected chi connectivity index (χ1v) is 8.73. The normalized spacial score (nSPS) is 10.9. The predicted octanol–water partition coefficient (Wildman–Crippen LogP) is 2.58. The minimum absolute atomic E-state index is 0.0410. The fourth-order valence-corrected chi connectivity index (χ4v) is 3.62. The molecular formula is C12H6Br3NO3S. The molecule has 8 heteroatoms. The lowest BCUT2D eigenvalue weighted by Crippen LogP contribution is -2.20. The molecule has 0 aliphatic rings. The second-order valence-corrected chi connectivity index (χ2v) is 13.8. The van der Waals surface area contributed by atoms with Crippen molar-refractivity contribution in [1.82, 2.24) is 5.32 Å². The molecule has 1 rings (SSSR count). The van der Waals surface area contributed by atoms with E-state index < -0.39 is 17.2 Å². The molecular weight excluding hydrogens is 478 g/mol. The first-order valence-electron chi connectivity index (χ1n) is 4.87. The molecule has 1 N–H and O–H groups in total. The maximum Gasteiger partial charge on any atom is 0.262 e. The monoisotopic (exact) mass is 481 g/mol. The van der Waals surface area contributed by atoms with E-state index in [4.69, 9.17) is 6.42 Å². The van der Waals surface area contributed by atoms with Crippen molar-refractivity contribution in [3.63, 3.8) is 0 Å². The van der Waals surface area contributed by atoms with Crippen molar-refractivity contribution in [2.45, 2.75) is 6.37 Å². The maximum atomic E-state index is 12.2. The number of alkyl halides is 3. The summed E-state index contributed by atoms with van der Waals surface area (Å²) < 4.78 is 22.8. The van der Waals surface area contributed by atoms with Gasteiger partial charge in [0.05, 0.1) is 4.90 Å². The lowest BCUT2D eigenvalue weighted by molar-refractivity contribution is 0.0973. The number of amides is 1. The van der Waals surface area contributed by atoms with Gasteiger partial charge in [-0.2, -0.15) is 0 Å². The summed E-state index contributed by atoms with van der Waals surface area (Å²) in [7, 11) is -3.76. The Labute approximate surface area is 142 Å². The van der Waals surface area contributed by atoms with E-state index in [2.05, 4.69) is 65.1 Å². The van der Waals surface area contributed by atoms with Gasteiger partial charge in [-0.15, -0.1) is 6.42 Å². The van der Waals surface area contributed by atoms with Crippen LogP contribution >= 0.6 is 47.8 Å². The third-order valence-electron chi connectivity index (χ3n) is 2.02. The molecule has 0 radical (unpaired) electrons. The van der Waals surface area contributed by atoms with E-state index in [1.54, 1.807) is 0 Å². The van der Waals surface area contributed by atoms with E-state index in [1.807, 2.05) is 5.92 Å². The summed E-state index contributed by atoms with van der Waals surface area (Å²) in [6, 6.07) is 7.78. The Bertz CT molecular complexity index is 734. The van der Waals surface area contributed by atoms with E-state index in [0.717, 1.165) is 0 Å². The Balaban J connectivity index is 3.16. The Morgan fingerprint density at radius 3 is 2.50 bits per heavy atom. The highest BCUT2D eigenvalue weighted by Gasteiger charge is 2.37. The molecule has 1 aromatic carbocycles. The fraction of sp³-hybridized carbons (Fsp3) is 0.0833. The molecule has 1 aromatic rings. The maximum absolute atomic E-state index is 12.2. The van der Waals surface area contributed by atoms with Crippen molar-refractivity contribution < 1.29 is 13.2 Å². The molecule has 0 aliphatic carbocycles. The number of sulfone groups is 1. The highest BCUT2D eigenvalue weighted by Crippen LogP contribution is 2.43. The minimum atomic E-state index is -3.76. The van der Waals surface area contributed by atoms with Gasteiger partial charge in [0.1, 0.15) is 0 Å². The average Bonchev–Trinajstić information content (AvgIpc) is 2.37. The van der Waals surface area contributed by atoms with Crippen molar-refractivity contribution in [2.24, 2.45) is 0 Å². The quantitative estimate of drug-likeness (QED) is 0.399. The highest BCUT2D eigenvalue weighted by atomic mass is 80.0. The third kappa shape index (κ3) is 4.10. The third-order valence-corrected chi connectivity index (χ3v) is 7.34. The van der Waals surface area contributed by atoms with Crippen molar-refractivity contribution >= 4 is 63.5 Å². The van der Waals surface area contributed by atoms with Crippen molar-refractivity contribution in [1.29, 1.82) is 0 Å². The van der Waals surface area contributed by atoms with E-state index in [-0.39, 0.29) is 10.5 Å². The highest BCUT2D eigenvalue weighted by molar-refractivity contribution is 9.42. The molecule has 0 unspecified atom stereocenters. The molecule has 0 spiro atoms. The first kappa shape index (κ1) is 17.3. The summed E-state index contributed by atoms with van der Waals surface area (Å²) in [6.45, 7) is 0. The van der Waals surface area contributed by atoms with Crippen LogP contribution in [0.4, 0.5) is 0 Å².